The number of nitrogens with one attached hydrogen (secondary N) is 2. The van der Waals surface area contributed by atoms with E-state index < -0.39 is 0 Å². The van der Waals surface area contributed by atoms with Crippen molar-refractivity contribution in [1.82, 2.24) is 15.3 Å². The average molecular weight is 166 g/mol. The molecule has 0 aromatic carbocycles. The molecule has 1 heterocycles. The highest BCUT2D eigenvalue weighted by Crippen LogP contribution is 1.96. The maximum atomic E-state index is 4.11. The third-order valence-corrected chi connectivity index (χ3v) is 1.82. The molecule has 1 atom stereocenters. The molecule has 12 heavy (non-hydrogen) atoms. The number of aromatic amines is 1. The van der Waals surface area contributed by atoms with E-state index >= 15 is 0 Å². The zero-order valence-corrected chi connectivity index (χ0v) is 7.51. The van der Waals surface area contributed by atoms with Crippen LogP contribution in [0.3, 0.4) is 0 Å². The molecule has 3 nitrogen and oxygen atoms in total. The van der Waals surface area contributed by atoms with Crippen molar-refractivity contribution in [2.24, 2.45) is 0 Å². The fourth-order valence-electron chi connectivity index (χ4n) is 1.07. The molecule has 0 aliphatic rings. The predicted molar refractivity (Wildman–Crippen MR) is 49.5 cm³/mol. The lowest BCUT2D eigenvalue weighted by atomic mass is 10.2. The van der Waals surface area contributed by atoms with E-state index in [0.717, 1.165) is 25.1 Å². The number of hydrogen-bond acceptors (Lipinski definition) is 2. The van der Waals surface area contributed by atoms with Crippen LogP contribution < -0.4 is 5.32 Å². The van der Waals surface area contributed by atoms with E-state index in [4.69, 9.17) is 0 Å². The van der Waals surface area contributed by atoms with Crippen molar-refractivity contribution in [1.29, 1.82) is 0 Å². The van der Waals surface area contributed by atoms with E-state index in [1.165, 1.54) is 0 Å². The molecule has 1 rings (SSSR count). The third kappa shape index (κ3) is 3.05. The molecule has 1 aromatic heterocycles. The lowest BCUT2D eigenvalue weighted by molar-refractivity contribution is 0.513. The van der Waals surface area contributed by atoms with Crippen molar-refractivity contribution >= 4 is 0 Å². The van der Waals surface area contributed by atoms with E-state index in [2.05, 4.69) is 29.1 Å². The minimum atomic E-state index is 0.527. The van der Waals surface area contributed by atoms with E-state index in [0.29, 0.717) is 6.04 Å². The van der Waals surface area contributed by atoms with Crippen LogP contribution in [-0.2, 0) is 6.54 Å². The number of H-pyrrole nitrogens is 1. The van der Waals surface area contributed by atoms with Crippen molar-refractivity contribution < 1.29 is 0 Å². The van der Waals surface area contributed by atoms with Crippen LogP contribution in [0.1, 0.15) is 25.5 Å². The molecule has 0 aliphatic carbocycles. The van der Waals surface area contributed by atoms with E-state index in [9.17, 15) is 0 Å². The zero-order chi connectivity index (χ0) is 8.81. The van der Waals surface area contributed by atoms with Gasteiger partial charge in [-0.2, -0.15) is 0 Å². The summed E-state index contributed by atoms with van der Waals surface area (Å²) in [5.41, 5.74) is 1.06. The smallest absolute Gasteiger partial charge is 0.0923 e. The molecule has 0 bridgehead atoms. The second-order valence-corrected chi connectivity index (χ2v) is 2.98. The van der Waals surface area contributed by atoms with Crippen molar-refractivity contribution in [2.75, 3.05) is 0 Å². The maximum Gasteiger partial charge on any atom is 0.0923 e. The molecule has 0 fully saturated rings. The first kappa shape index (κ1) is 9.26. The van der Waals surface area contributed by atoms with Gasteiger partial charge in [0.15, 0.2) is 0 Å². The summed E-state index contributed by atoms with van der Waals surface area (Å²) in [7, 11) is 0. The predicted octanol–water partition coefficient (Wildman–Crippen LogP) is 1.50. The Morgan fingerprint density at radius 1 is 1.75 bits per heavy atom. The van der Waals surface area contributed by atoms with Crippen molar-refractivity contribution in [3.8, 4) is 0 Å². The summed E-state index contributed by atoms with van der Waals surface area (Å²) < 4.78 is 0. The highest BCUT2D eigenvalue weighted by Gasteiger charge is 1.99. The van der Waals surface area contributed by atoms with Gasteiger partial charge in [0.1, 0.15) is 0 Å². The summed E-state index contributed by atoms with van der Waals surface area (Å²) in [6.07, 6.45) is 5.70. The number of nitrogens with zero attached hydrogens (tertiary/aromatic N) is 1. The van der Waals surface area contributed by atoms with Crippen LogP contribution in [0, 0.1) is 6.92 Å². The lowest BCUT2D eigenvalue weighted by Crippen LogP contribution is -2.25. The number of hydrogen-bond donors (Lipinski definition) is 2. The molecular formula is C9H16N3. The molecule has 2 N–H and O–H groups in total. The lowest BCUT2D eigenvalue weighted by Gasteiger charge is -2.10. The Morgan fingerprint density at radius 3 is 3.17 bits per heavy atom. The van der Waals surface area contributed by atoms with Gasteiger partial charge >= 0.3 is 0 Å². The SMILES string of the molecule is [CH2]CCC(C)NCc1c[nH]cn1. The van der Waals surface area contributed by atoms with Crippen LogP contribution in [0.25, 0.3) is 0 Å². The molecule has 0 amide bonds. The van der Waals surface area contributed by atoms with Crippen molar-refractivity contribution in [3.05, 3.63) is 25.1 Å². The molecular weight excluding hydrogens is 150 g/mol. The van der Waals surface area contributed by atoms with Gasteiger partial charge < -0.3 is 10.3 Å². The van der Waals surface area contributed by atoms with Gasteiger partial charge in [-0.3, -0.25) is 0 Å². The molecule has 1 aromatic rings. The van der Waals surface area contributed by atoms with Crippen LogP contribution in [0.4, 0.5) is 0 Å². The minimum absolute atomic E-state index is 0.527. The molecule has 0 saturated heterocycles. The first-order valence-corrected chi connectivity index (χ1v) is 4.33. The number of rotatable bonds is 5. The summed E-state index contributed by atoms with van der Waals surface area (Å²) in [6.45, 7) is 6.81. The Kier molecular flexibility index (Phi) is 3.80. The quantitative estimate of drug-likeness (QED) is 0.696. The van der Waals surface area contributed by atoms with Crippen LogP contribution >= 0.6 is 0 Å². The Labute approximate surface area is 73.6 Å². The van der Waals surface area contributed by atoms with Gasteiger partial charge in [-0.25, -0.2) is 4.98 Å². The molecule has 3 heteroatoms. The summed E-state index contributed by atoms with van der Waals surface area (Å²) in [6, 6.07) is 0.527. The number of imidazole rings is 1. The van der Waals surface area contributed by atoms with Gasteiger partial charge in [0.2, 0.25) is 0 Å². The normalized spacial score (nSPS) is 13.2. The van der Waals surface area contributed by atoms with Gasteiger partial charge in [-0.15, -0.1) is 0 Å². The standard InChI is InChI=1S/C9H16N3/c1-3-4-8(2)11-6-9-5-10-7-12-9/h5,7-8,11H,1,3-4,6H2,2H3,(H,10,12). The molecule has 0 aliphatic heterocycles. The van der Waals surface area contributed by atoms with E-state index in [1.807, 2.05) is 6.20 Å². The van der Waals surface area contributed by atoms with Gasteiger partial charge in [0.25, 0.3) is 0 Å². The summed E-state index contributed by atoms with van der Waals surface area (Å²) in [5.74, 6) is 0. The van der Waals surface area contributed by atoms with Gasteiger partial charge in [-0.1, -0.05) is 13.3 Å². The van der Waals surface area contributed by atoms with E-state index in [-0.39, 0.29) is 0 Å². The Hall–Kier alpha value is -0.830. The highest BCUT2D eigenvalue weighted by molar-refractivity contribution is 4.93. The highest BCUT2D eigenvalue weighted by atomic mass is 14.9. The molecule has 1 radical (unpaired) electrons. The average Bonchev–Trinajstić information content (AvgIpc) is 2.53. The molecule has 1 unspecified atom stereocenters. The van der Waals surface area contributed by atoms with Crippen LogP contribution in [0.5, 0.6) is 0 Å². The first-order chi connectivity index (χ1) is 5.83. The first-order valence-electron chi connectivity index (χ1n) is 4.33. The third-order valence-electron chi connectivity index (χ3n) is 1.82. The maximum absolute atomic E-state index is 4.11. The fraction of sp³-hybridized carbons (Fsp3) is 0.556. The largest absolute Gasteiger partial charge is 0.351 e. The monoisotopic (exact) mass is 166 g/mol. The molecule has 67 valence electrons. The minimum Gasteiger partial charge on any atom is -0.351 e. The van der Waals surface area contributed by atoms with Gasteiger partial charge in [0, 0.05) is 18.8 Å². The van der Waals surface area contributed by atoms with Crippen molar-refractivity contribution in [2.45, 2.75) is 32.4 Å². The van der Waals surface area contributed by atoms with Crippen LogP contribution in [0.15, 0.2) is 12.5 Å². The fourth-order valence-corrected chi connectivity index (χ4v) is 1.07. The van der Waals surface area contributed by atoms with Gasteiger partial charge in [-0.05, 0) is 13.3 Å². The van der Waals surface area contributed by atoms with Gasteiger partial charge in [0.05, 0.1) is 12.0 Å². The topological polar surface area (TPSA) is 40.7 Å². The van der Waals surface area contributed by atoms with Crippen molar-refractivity contribution in [3.63, 3.8) is 0 Å². The van der Waals surface area contributed by atoms with E-state index in [1.54, 1.807) is 6.33 Å². The number of aromatic nitrogens is 2. The zero-order valence-electron chi connectivity index (χ0n) is 7.51. The second kappa shape index (κ2) is 4.93. The summed E-state index contributed by atoms with van der Waals surface area (Å²) >= 11 is 0. The Balaban J connectivity index is 2.17. The second-order valence-electron chi connectivity index (χ2n) is 2.98. The molecule has 0 saturated carbocycles. The summed E-state index contributed by atoms with van der Waals surface area (Å²) in [4.78, 5) is 7.04. The van der Waals surface area contributed by atoms with Crippen LogP contribution in [0.2, 0.25) is 0 Å². The summed E-state index contributed by atoms with van der Waals surface area (Å²) in [5, 5.41) is 3.36. The van der Waals surface area contributed by atoms with Crippen LogP contribution in [-0.4, -0.2) is 16.0 Å². The Morgan fingerprint density at radius 2 is 2.58 bits per heavy atom. The Bertz CT molecular complexity index is 194. The molecule has 0 spiro atoms.